The number of benzene rings is 1. The molecule has 3 nitrogen and oxygen atoms in total. The van der Waals surface area contributed by atoms with Crippen LogP contribution in [-0.2, 0) is 7.05 Å². The number of rotatable bonds is 1. The number of pyridine rings is 1. The minimum Gasteiger partial charge on any atom is -1.00 e. The SMILES string of the molecule is Cc1cc(N2c3ccccc3C(C)CC2C)cc(N)[n+]1C.[I-]. The molecule has 4 heteroatoms. The van der Waals surface area contributed by atoms with Crippen molar-refractivity contribution in [1.29, 1.82) is 0 Å². The van der Waals surface area contributed by atoms with Crippen molar-refractivity contribution in [2.24, 2.45) is 7.05 Å². The van der Waals surface area contributed by atoms with Crippen molar-refractivity contribution in [3.63, 3.8) is 0 Å². The summed E-state index contributed by atoms with van der Waals surface area (Å²) in [5.41, 5.74) is 11.3. The lowest BCUT2D eigenvalue weighted by Crippen LogP contribution is -3.00. The number of nitrogens with two attached hydrogens (primary N) is 1. The lowest BCUT2D eigenvalue weighted by atomic mass is 9.87. The maximum atomic E-state index is 6.16. The highest BCUT2D eigenvalue weighted by Crippen LogP contribution is 2.42. The Labute approximate surface area is 150 Å². The molecule has 2 aromatic rings. The van der Waals surface area contributed by atoms with Crippen molar-refractivity contribution in [1.82, 2.24) is 0 Å². The molecular formula is C18H24IN3. The molecule has 2 atom stereocenters. The molecular weight excluding hydrogens is 385 g/mol. The van der Waals surface area contributed by atoms with Gasteiger partial charge in [0.25, 0.3) is 5.82 Å². The van der Waals surface area contributed by atoms with Crippen LogP contribution in [0.15, 0.2) is 36.4 Å². The Balaban J connectivity index is 0.00000176. The van der Waals surface area contributed by atoms with Crippen LogP contribution in [0.5, 0.6) is 0 Å². The summed E-state index contributed by atoms with van der Waals surface area (Å²) in [6, 6.07) is 13.5. The molecule has 0 fully saturated rings. The Morgan fingerprint density at radius 3 is 2.55 bits per heavy atom. The average molecular weight is 409 g/mol. The normalized spacial score (nSPS) is 20.3. The molecule has 0 aliphatic carbocycles. The molecule has 0 saturated heterocycles. The number of nitrogen functional groups attached to an aromatic ring is 1. The van der Waals surface area contributed by atoms with Crippen LogP contribution in [0.25, 0.3) is 0 Å². The molecule has 0 amide bonds. The zero-order valence-electron chi connectivity index (χ0n) is 13.7. The molecule has 1 aromatic heterocycles. The molecule has 22 heavy (non-hydrogen) atoms. The summed E-state index contributed by atoms with van der Waals surface area (Å²) in [6.07, 6.45) is 1.16. The minimum atomic E-state index is 0. The number of para-hydroxylation sites is 1. The van der Waals surface area contributed by atoms with E-state index >= 15 is 0 Å². The topological polar surface area (TPSA) is 33.1 Å². The molecule has 1 aliphatic rings. The zero-order chi connectivity index (χ0) is 15.1. The summed E-state index contributed by atoms with van der Waals surface area (Å²) in [5, 5.41) is 0. The first-order valence-corrected chi connectivity index (χ1v) is 7.63. The van der Waals surface area contributed by atoms with Gasteiger partial charge in [-0.05, 0) is 37.8 Å². The molecule has 1 aromatic carbocycles. The van der Waals surface area contributed by atoms with Crippen molar-refractivity contribution in [2.45, 2.75) is 39.2 Å². The van der Waals surface area contributed by atoms with E-state index in [0.29, 0.717) is 12.0 Å². The van der Waals surface area contributed by atoms with Crippen molar-refractivity contribution in [3.8, 4) is 0 Å². The lowest BCUT2D eigenvalue weighted by molar-refractivity contribution is -0.663. The Morgan fingerprint density at radius 2 is 1.86 bits per heavy atom. The Bertz CT molecular complexity index is 661. The summed E-state index contributed by atoms with van der Waals surface area (Å²) < 4.78 is 2.02. The van der Waals surface area contributed by atoms with Crippen LogP contribution in [-0.4, -0.2) is 6.04 Å². The van der Waals surface area contributed by atoms with Crippen LogP contribution in [0.3, 0.4) is 0 Å². The predicted molar refractivity (Wildman–Crippen MR) is 87.8 cm³/mol. The fraction of sp³-hybridized carbons (Fsp3) is 0.389. The second-order valence-corrected chi connectivity index (χ2v) is 6.25. The average Bonchev–Trinajstić information content (AvgIpc) is 2.44. The summed E-state index contributed by atoms with van der Waals surface area (Å²) >= 11 is 0. The van der Waals surface area contributed by atoms with Gasteiger partial charge in [0.2, 0.25) is 0 Å². The van der Waals surface area contributed by atoms with Gasteiger partial charge in [-0.15, -0.1) is 0 Å². The molecule has 1 aliphatic heterocycles. The standard InChI is InChI=1S/C18H23N3.HI/c1-12-9-14(3)21(17-8-6-5-7-16(12)17)15-10-13(2)20(4)18(19)11-15;/h5-8,10-12,14,19H,9H2,1-4H3;1H. The fourth-order valence-electron chi connectivity index (χ4n) is 3.44. The first kappa shape index (κ1) is 17.1. The van der Waals surface area contributed by atoms with Crippen molar-refractivity contribution in [2.75, 3.05) is 10.6 Å². The van der Waals surface area contributed by atoms with Gasteiger partial charge in [0.15, 0.2) is 0 Å². The van der Waals surface area contributed by atoms with Crippen LogP contribution in [0.1, 0.15) is 37.4 Å². The van der Waals surface area contributed by atoms with Gasteiger partial charge in [0.05, 0.1) is 18.8 Å². The number of nitrogens with zero attached hydrogens (tertiary/aromatic N) is 2. The molecule has 2 N–H and O–H groups in total. The van der Waals surface area contributed by atoms with E-state index in [1.807, 2.05) is 11.6 Å². The highest BCUT2D eigenvalue weighted by Gasteiger charge is 2.29. The lowest BCUT2D eigenvalue weighted by Gasteiger charge is -2.40. The molecule has 0 bridgehead atoms. The maximum absolute atomic E-state index is 6.16. The summed E-state index contributed by atoms with van der Waals surface area (Å²) in [5.74, 6) is 1.40. The van der Waals surface area contributed by atoms with Gasteiger partial charge in [0.1, 0.15) is 5.69 Å². The van der Waals surface area contributed by atoms with Crippen LogP contribution < -0.4 is 39.2 Å². The fourth-order valence-corrected chi connectivity index (χ4v) is 3.44. The molecule has 0 radical (unpaired) electrons. The highest BCUT2D eigenvalue weighted by atomic mass is 127. The van der Waals surface area contributed by atoms with Crippen LogP contribution in [0, 0.1) is 6.92 Å². The Morgan fingerprint density at radius 1 is 1.18 bits per heavy atom. The summed E-state index contributed by atoms with van der Waals surface area (Å²) in [4.78, 5) is 2.43. The van der Waals surface area contributed by atoms with E-state index in [9.17, 15) is 0 Å². The van der Waals surface area contributed by atoms with Gasteiger partial charge in [-0.2, -0.15) is 0 Å². The van der Waals surface area contributed by atoms with Gasteiger partial charge >= 0.3 is 0 Å². The van der Waals surface area contributed by atoms with Crippen LogP contribution in [0.2, 0.25) is 0 Å². The smallest absolute Gasteiger partial charge is 0.274 e. The largest absolute Gasteiger partial charge is 1.00 e. The van der Waals surface area contributed by atoms with E-state index in [4.69, 9.17) is 5.73 Å². The van der Waals surface area contributed by atoms with Crippen LogP contribution >= 0.6 is 0 Å². The van der Waals surface area contributed by atoms with Gasteiger partial charge in [-0.1, -0.05) is 25.1 Å². The summed E-state index contributed by atoms with van der Waals surface area (Å²) in [6.45, 7) is 6.71. The van der Waals surface area contributed by atoms with Crippen molar-refractivity contribution in [3.05, 3.63) is 47.7 Å². The quantitative estimate of drug-likeness (QED) is 0.548. The third-order valence-electron chi connectivity index (χ3n) is 4.71. The first-order valence-electron chi connectivity index (χ1n) is 7.63. The maximum Gasteiger partial charge on any atom is 0.274 e. The van der Waals surface area contributed by atoms with E-state index in [0.717, 1.165) is 12.2 Å². The monoisotopic (exact) mass is 409 g/mol. The van der Waals surface area contributed by atoms with E-state index in [1.165, 1.54) is 22.6 Å². The molecule has 0 spiro atoms. The number of aromatic nitrogens is 1. The Kier molecular flexibility index (Phi) is 5.00. The van der Waals surface area contributed by atoms with Gasteiger partial charge in [-0.25, -0.2) is 4.57 Å². The predicted octanol–water partition coefficient (Wildman–Crippen LogP) is 0.440. The van der Waals surface area contributed by atoms with Crippen molar-refractivity contribution < 1.29 is 28.5 Å². The molecule has 0 saturated carbocycles. The number of aryl methyl sites for hydroxylation is 1. The highest BCUT2D eigenvalue weighted by molar-refractivity contribution is 5.70. The van der Waals surface area contributed by atoms with Gasteiger partial charge in [-0.3, -0.25) is 5.73 Å². The number of halogens is 1. The van der Waals surface area contributed by atoms with E-state index in [-0.39, 0.29) is 24.0 Å². The third-order valence-corrected chi connectivity index (χ3v) is 4.71. The second kappa shape index (κ2) is 6.44. The minimum absolute atomic E-state index is 0. The van der Waals surface area contributed by atoms with E-state index < -0.39 is 0 Å². The zero-order valence-corrected chi connectivity index (χ0v) is 15.8. The van der Waals surface area contributed by atoms with Crippen LogP contribution in [0.4, 0.5) is 17.2 Å². The molecule has 2 unspecified atom stereocenters. The van der Waals surface area contributed by atoms with Crippen molar-refractivity contribution >= 4 is 17.2 Å². The molecule has 2 heterocycles. The third kappa shape index (κ3) is 2.81. The molecule has 3 rings (SSSR count). The van der Waals surface area contributed by atoms with Gasteiger partial charge < -0.3 is 28.9 Å². The second-order valence-electron chi connectivity index (χ2n) is 6.25. The summed E-state index contributed by atoms with van der Waals surface area (Å²) in [7, 11) is 2.00. The Hall–Kier alpha value is -1.30. The van der Waals surface area contributed by atoms with Gasteiger partial charge in [0, 0.05) is 17.8 Å². The van der Waals surface area contributed by atoms with E-state index in [1.54, 1.807) is 0 Å². The number of anilines is 3. The van der Waals surface area contributed by atoms with E-state index in [2.05, 4.69) is 62.1 Å². The number of hydrogen-bond acceptors (Lipinski definition) is 2. The number of fused-ring (bicyclic) bond motifs is 1. The first-order chi connectivity index (χ1) is 9.99. The molecule has 118 valence electrons. The number of hydrogen-bond donors (Lipinski definition) is 1.